The predicted octanol–water partition coefficient (Wildman–Crippen LogP) is 2.75. The maximum atomic E-state index is 2.37. The quantitative estimate of drug-likeness (QED) is 0.420. The average Bonchev–Trinajstić information content (AvgIpc) is 1.77. The Kier molecular flexibility index (Phi) is 1.72. The normalized spacial score (nSPS) is 29.8. The van der Waals surface area contributed by atoms with Crippen molar-refractivity contribution < 1.29 is 0 Å². The molecule has 0 bridgehead atoms. The third-order valence-corrected chi connectivity index (χ3v) is 2.08. The van der Waals surface area contributed by atoms with Gasteiger partial charge in [-0.25, -0.2) is 0 Å². The molecule has 0 N–H and O–H groups in total. The first-order valence-electron chi connectivity index (χ1n) is 3.47. The summed E-state index contributed by atoms with van der Waals surface area (Å²) in [7, 11) is 0. The minimum atomic E-state index is 0.865. The number of hydrogen-bond donors (Lipinski definition) is 0. The molecule has 0 heteroatoms. The molecule has 0 spiro atoms. The Hall–Kier alpha value is -0.260. The van der Waals surface area contributed by atoms with Crippen molar-refractivity contribution in [2.24, 2.45) is 5.92 Å². The summed E-state index contributed by atoms with van der Waals surface area (Å²) < 4.78 is 0. The van der Waals surface area contributed by atoms with Crippen LogP contribution in [0.4, 0.5) is 0 Å². The highest BCUT2D eigenvalue weighted by Gasteiger charge is 2.06. The molecule has 0 nitrogen and oxygen atoms in total. The summed E-state index contributed by atoms with van der Waals surface area (Å²) in [6.45, 7) is 4.55. The van der Waals surface area contributed by atoms with Crippen LogP contribution in [0.25, 0.3) is 0 Å². The molecule has 0 aromatic rings. The zero-order valence-corrected chi connectivity index (χ0v) is 5.78. The highest BCUT2D eigenvalue weighted by atomic mass is 14.1. The molecule has 0 saturated heterocycles. The predicted molar refractivity (Wildman–Crippen MR) is 36.8 cm³/mol. The number of rotatable bonds is 0. The summed E-state index contributed by atoms with van der Waals surface area (Å²) in [5.41, 5.74) is 1.59. The van der Waals surface area contributed by atoms with E-state index in [4.69, 9.17) is 0 Å². The Morgan fingerprint density at radius 3 is 2.75 bits per heavy atom. The Bertz CT molecular complexity index is 101. The molecule has 46 valence electrons. The van der Waals surface area contributed by atoms with E-state index in [-0.39, 0.29) is 0 Å². The molecule has 0 aliphatic heterocycles. The Balaban J connectivity index is 2.53. The van der Waals surface area contributed by atoms with Gasteiger partial charge in [0.25, 0.3) is 0 Å². The van der Waals surface area contributed by atoms with Crippen LogP contribution in [-0.2, 0) is 0 Å². The van der Waals surface area contributed by atoms with Gasteiger partial charge in [-0.1, -0.05) is 18.6 Å². The molecular formula is C8H14. The van der Waals surface area contributed by atoms with E-state index in [1.807, 2.05) is 0 Å². The lowest BCUT2D eigenvalue weighted by atomic mass is 9.91. The second-order valence-electron chi connectivity index (χ2n) is 2.78. The fourth-order valence-corrected chi connectivity index (χ4v) is 1.18. The Morgan fingerprint density at radius 2 is 2.38 bits per heavy atom. The zero-order chi connectivity index (χ0) is 5.98. The first-order chi connectivity index (χ1) is 3.80. The monoisotopic (exact) mass is 110 g/mol. The first-order valence-corrected chi connectivity index (χ1v) is 3.47. The van der Waals surface area contributed by atoms with Crippen molar-refractivity contribution >= 4 is 0 Å². The summed E-state index contributed by atoms with van der Waals surface area (Å²) >= 11 is 0. The maximum absolute atomic E-state index is 2.37. The molecule has 0 amide bonds. The van der Waals surface area contributed by atoms with Crippen LogP contribution in [-0.4, -0.2) is 0 Å². The molecule has 0 fully saturated rings. The second kappa shape index (κ2) is 2.34. The highest BCUT2D eigenvalue weighted by Crippen LogP contribution is 2.22. The van der Waals surface area contributed by atoms with Gasteiger partial charge in [-0.2, -0.15) is 0 Å². The number of hydrogen-bond acceptors (Lipinski definition) is 0. The van der Waals surface area contributed by atoms with Gasteiger partial charge in [0.2, 0.25) is 0 Å². The van der Waals surface area contributed by atoms with E-state index >= 15 is 0 Å². The Morgan fingerprint density at radius 1 is 1.62 bits per heavy atom. The lowest BCUT2D eigenvalue weighted by Crippen LogP contribution is -2.00. The first kappa shape index (κ1) is 5.87. The third kappa shape index (κ3) is 1.12. The summed E-state index contributed by atoms with van der Waals surface area (Å²) in [6.07, 6.45) is 6.49. The second-order valence-corrected chi connectivity index (χ2v) is 2.78. The van der Waals surface area contributed by atoms with Gasteiger partial charge < -0.3 is 0 Å². The zero-order valence-electron chi connectivity index (χ0n) is 5.78. The molecule has 1 rings (SSSR count). The van der Waals surface area contributed by atoms with Crippen molar-refractivity contribution in [3.8, 4) is 0 Å². The highest BCUT2D eigenvalue weighted by molar-refractivity contribution is 5.04. The van der Waals surface area contributed by atoms with E-state index in [9.17, 15) is 0 Å². The largest absolute Gasteiger partial charge is 0.0853 e. The van der Waals surface area contributed by atoms with Crippen LogP contribution in [0, 0.1) is 5.92 Å². The topological polar surface area (TPSA) is 0 Å². The standard InChI is InChI=1S/C8H14/c1-7-5-3-4-6-8(7)2/h5,8H,3-4,6H2,1-2H3/t8-/m0/s1. The molecule has 0 unspecified atom stereocenters. The van der Waals surface area contributed by atoms with Crippen LogP contribution in [0.2, 0.25) is 0 Å². The SMILES string of the molecule is CC1=CCCC[C@@H]1C. The van der Waals surface area contributed by atoms with Crippen molar-refractivity contribution in [1.29, 1.82) is 0 Å². The van der Waals surface area contributed by atoms with Crippen molar-refractivity contribution in [3.05, 3.63) is 11.6 Å². The summed E-state index contributed by atoms with van der Waals surface area (Å²) in [5, 5.41) is 0. The summed E-state index contributed by atoms with van der Waals surface area (Å²) in [6, 6.07) is 0. The smallest absolute Gasteiger partial charge is 0.0234 e. The molecule has 1 aliphatic carbocycles. The van der Waals surface area contributed by atoms with E-state index in [1.165, 1.54) is 19.3 Å². The number of allylic oxidation sites excluding steroid dienone is 2. The molecule has 0 heterocycles. The average molecular weight is 110 g/mol. The van der Waals surface area contributed by atoms with Crippen molar-refractivity contribution in [2.45, 2.75) is 33.1 Å². The van der Waals surface area contributed by atoms with Crippen LogP contribution >= 0.6 is 0 Å². The molecular weight excluding hydrogens is 96.1 g/mol. The fraction of sp³-hybridized carbons (Fsp3) is 0.750. The minimum absolute atomic E-state index is 0.865. The van der Waals surface area contributed by atoms with Crippen LogP contribution in [0.5, 0.6) is 0 Å². The van der Waals surface area contributed by atoms with E-state index in [1.54, 1.807) is 5.57 Å². The van der Waals surface area contributed by atoms with Gasteiger partial charge in [0.1, 0.15) is 0 Å². The van der Waals surface area contributed by atoms with Gasteiger partial charge in [-0.3, -0.25) is 0 Å². The van der Waals surface area contributed by atoms with E-state index < -0.39 is 0 Å². The maximum Gasteiger partial charge on any atom is -0.0234 e. The Labute approximate surface area is 51.6 Å². The van der Waals surface area contributed by atoms with E-state index in [0.29, 0.717) is 0 Å². The van der Waals surface area contributed by atoms with Crippen LogP contribution in [0.15, 0.2) is 11.6 Å². The van der Waals surface area contributed by atoms with Crippen molar-refractivity contribution in [2.75, 3.05) is 0 Å². The van der Waals surface area contributed by atoms with Crippen LogP contribution < -0.4 is 0 Å². The van der Waals surface area contributed by atoms with Gasteiger partial charge >= 0.3 is 0 Å². The molecule has 8 heavy (non-hydrogen) atoms. The summed E-state index contributed by atoms with van der Waals surface area (Å²) in [4.78, 5) is 0. The van der Waals surface area contributed by atoms with E-state index in [0.717, 1.165) is 5.92 Å². The van der Waals surface area contributed by atoms with Gasteiger partial charge in [0, 0.05) is 0 Å². The molecule has 0 aromatic heterocycles. The lowest BCUT2D eigenvalue weighted by molar-refractivity contribution is 0.552. The van der Waals surface area contributed by atoms with E-state index in [2.05, 4.69) is 19.9 Å². The van der Waals surface area contributed by atoms with Crippen molar-refractivity contribution in [1.82, 2.24) is 0 Å². The molecule has 0 aromatic carbocycles. The van der Waals surface area contributed by atoms with Gasteiger partial charge in [0.15, 0.2) is 0 Å². The fourth-order valence-electron chi connectivity index (χ4n) is 1.18. The molecule has 1 atom stereocenters. The molecule has 0 saturated carbocycles. The lowest BCUT2D eigenvalue weighted by Gasteiger charge is -2.15. The molecule has 1 aliphatic rings. The van der Waals surface area contributed by atoms with Crippen LogP contribution in [0.1, 0.15) is 33.1 Å². The third-order valence-electron chi connectivity index (χ3n) is 2.08. The summed E-state index contributed by atoms with van der Waals surface area (Å²) in [5.74, 6) is 0.865. The van der Waals surface area contributed by atoms with Gasteiger partial charge in [-0.15, -0.1) is 0 Å². The minimum Gasteiger partial charge on any atom is -0.0853 e. The van der Waals surface area contributed by atoms with Crippen LogP contribution in [0.3, 0.4) is 0 Å². The van der Waals surface area contributed by atoms with Crippen molar-refractivity contribution in [3.63, 3.8) is 0 Å². The van der Waals surface area contributed by atoms with Gasteiger partial charge in [-0.05, 0) is 32.1 Å². The molecule has 0 radical (unpaired) electrons. The van der Waals surface area contributed by atoms with Gasteiger partial charge in [0.05, 0.1) is 0 Å².